The van der Waals surface area contributed by atoms with Gasteiger partial charge in [-0.3, -0.25) is 14.9 Å². The molecule has 1 aliphatic rings. The van der Waals surface area contributed by atoms with Gasteiger partial charge in [0.15, 0.2) is 11.4 Å². The fourth-order valence-electron chi connectivity index (χ4n) is 2.42. The van der Waals surface area contributed by atoms with Crippen LogP contribution in [0.5, 0.6) is 0 Å². The third-order valence-electron chi connectivity index (χ3n) is 4.12. The van der Waals surface area contributed by atoms with Crippen LogP contribution in [0.2, 0.25) is 0 Å². The van der Waals surface area contributed by atoms with E-state index in [0.717, 1.165) is 5.01 Å². The number of non-ortho nitro benzene ring substituents is 1. The average Bonchev–Trinajstić information content (AvgIpc) is 2.92. The number of hydrazone groups is 1. The summed E-state index contributed by atoms with van der Waals surface area (Å²) in [6.45, 7) is 5.12. The topological polar surface area (TPSA) is 122 Å². The van der Waals surface area contributed by atoms with E-state index in [1.54, 1.807) is 20.8 Å². The quantitative estimate of drug-likeness (QED) is 0.503. The molecule has 0 bridgehead atoms. The zero-order chi connectivity index (χ0) is 19.0. The Hall–Kier alpha value is -2.81. The first-order valence-electron chi connectivity index (χ1n) is 7.48. The molecule has 1 atom stereocenters. The van der Waals surface area contributed by atoms with Crippen molar-refractivity contribution in [1.29, 1.82) is 0 Å². The second-order valence-electron chi connectivity index (χ2n) is 6.70. The van der Waals surface area contributed by atoms with Crippen molar-refractivity contribution >= 4 is 23.3 Å². The Morgan fingerprint density at radius 1 is 1.32 bits per heavy atom. The fourth-order valence-corrected chi connectivity index (χ4v) is 2.42. The van der Waals surface area contributed by atoms with E-state index < -0.39 is 27.9 Å². The maximum atomic E-state index is 12.8. The van der Waals surface area contributed by atoms with Crippen molar-refractivity contribution < 1.29 is 24.4 Å². The van der Waals surface area contributed by atoms with Crippen molar-refractivity contribution in [3.05, 3.63) is 39.9 Å². The third kappa shape index (κ3) is 3.22. The molecule has 1 aromatic rings. The molecule has 134 valence electrons. The van der Waals surface area contributed by atoms with Gasteiger partial charge in [0.05, 0.1) is 12.0 Å². The summed E-state index contributed by atoms with van der Waals surface area (Å²) in [5.74, 6) is -1.41. The van der Waals surface area contributed by atoms with Gasteiger partial charge in [-0.15, -0.1) is 0 Å². The molecule has 0 spiro atoms. The highest BCUT2D eigenvalue weighted by Crippen LogP contribution is 2.41. The molecular formula is C16H19N3O6. The lowest BCUT2D eigenvalue weighted by molar-refractivity contribution is -0.384. The van der Waals surface area contributed by atoms with E-state index in [0.29, 0.717) is 0 Å². The smallest absolute Gasteiger partial charge is 0.354 e. The van der Waals surface area contributed by atoms with Crippen LogP contribution in [0.4, 0.5) is 5.69 Å². The van der Waals surface area contributed by atoms with Crippen molar-refractivity contribution in [2.24, 2.45) is 10.5 Å². The number of carbonyl (C=O) groups excluding carboxylic acids is 2. The summed E-state index contributed by atoms with van der Waals surface area (Å²) >= 11 is 0. The fraction of sp³-hybridized carbons (Fsp3) is 0.438. The van der Waals surface area contributed by atoms with Gasteiger partial charge < -0.3 is 9.84 Å². The number of nitro groups is 1. The van der Waals surface area contributed by atoms with E-state index in [1.807, 2.05) is 0 Å². The number of amides is 1. The Labute approximate surface area is 144 Å². The predicted octanol–water partition coefficient (Wildman–Crippen LogP) is 1.70. The molecule has 0 aliphatic carbocycles. The van der Waals surface area contributed by atoms with Gasteiger partial charge in [0.1, 0.15) is 0 Å². The normalized spacial score (nSPS) is 20.2. The summed E-state index contributed by atoms with van der Waals surface area (Å²) in [5, 5.41) is 26.6. The molecule has 0 saturated carbocycles. The average molecular weight is 349 g/mol. The van der Waals surface area contributed by atoms with Gasteiger partial charge in [-0.05, 0) is 12.1 Å². The number of ether oxygens (including phenoxy) is 1. The first kappa shape index (κ1) is 18.5. The maximum absolute atomic E-state index is 12.8. The number of rotatable bonds is 3. The predicted molar refractivity (Wildman–Crippen MR) is 87.7 cm³/mol. The van der Waals surface area contributed by atoms with Crippen molar-refractivity contribution in [3.63, 3.8) is 0 Å². The molecule has 1 N–H and O–H groups in total. The SMILES string of the molecule is COC(=O)C1=NN(C(=O)c2ccc([N+](=O)[O-])cc2)[C@](O)(C(C)(C)C)C1. The first-order valence-corrected chi connectivity index (χ1v) is 7.48. The van der Waals surface area contributed by atoms with E-state index in [4.69, 9.17) is 0 Å². The monoisotopic (exact) mass is 349 g/mol. The molecule has 1 aromatic carbocycles. The number of aliphatic hydroxyl groups is 1. The number of esters is 1. The number of hydrogen-bond acceptors (Lipinski definition) is 7. The number of methoxy groups -OCH3 is 1. The molecule has 1 amide bonds. The van der Waals surface area contributed by atoms with Gasteiger partial charge in [-0.1, -0.05) is 20.8 Å². The summed E-state index contributed by atoms with van der Waals surface area (Å²) in [6.07, 6.45) is -0.179. The van der Waals surface area contributed by atoms with E-state index in [9.17, 15) is 24.8 Å². The first-order chi connectivity index (χ1) is 11.5. The Morgan fingerprint density at radius 3 is 2.32 bits per heavy atom. The molecule has 0 aromatic heterocycles. The van der Waals surface area contributed by atoms with Crippen LogP contribution in [0, 0.1) is 15.5 Å². The number of carbonyl (C=O) groups is 2. The van der Waals surface area contributed by atoms with Crippen LogP contribution in [-0.4, -0.2) is 45.5 Å². The zero-order valence-corrected chi connectivity index (χ0v) is 14.3. The maximum Gasteiger partial charge on any atom is 0.354 e. The zero-order valence-electron chi connectivity index (χ0n) is 14.3. The Morgan fingerprint density at radius 2 is 1.88 bits per heavy atom. The van der Waals surface area contributed by atoms with Crippen LogP contribution in [0.25, 0.3) is 0 Å². The van der Waals surface area contributed by atoms with Gasteiger partial charge in [0.2, 0.25) is 0 Å². The minimum atomic E-state index is -1.74. The molecule has 1 heterocycles. The van der Waals surface area contributed by atoms with Gasteiger partial charge in [0.25, 0.3) is 11.6 Å². The minimum absolute atomic E-state index is 0.0739. The number of benzene rings is 1. The highest BCUT2D eigenvalue weighted by Gasteiger charge is 2.54. The van der Waals surface area contributed by atoms with Gasteiger partial charge in [-0.2, -0.15) is 10.1 Å². The third-order valence-corrected chi connectivity index (χ3v) is 4.12. The Kier molecular flexibility index (Phi) is 4.63. The lowest BCUT2D eigenvalue weighted by Gasteiger charge is -2.41. The highest BCUT2D eigenvalue weighted by atomic mass is 16.6. The molecule has 0 unspecified atom stereocenters. The Balaban J connectivity index is 2.44. The van der Waals surface area contributed by atoms with Crippen LogP contribution in [0.15, 0.2) is 29.4 Å². The lowest BCUT2D eigenvalue weighted by Crippen LogP contribution is -2.55. The Bertz CT molecular complexity index is 750. The van der Waals surface area contributed by atoms with Crippen LogP contribution >= 0.6 is 0 Å². The van der Waals surface area contributed by atoms with Gasteiger partial charge >= 0.3 is 5.97 Å². The molecule has 9 nitrogen and oxygen atoms in total. The van der Waals surface area contributed by atoms with Crippen molar-refractivity contribution in [1.82, 2.24) is 5.01 Å². The van der Waals surface area contributed by atoms with Crippen LogP contribution in [0.3, 0.4) is 0 Å². The molecule has 9 heteroatoms. The summed E-state index contributed by atoms with van der Waals surface area (Å²) in [6, 6.07) is 4.92. The highest BCUT2D eigenvalue weighted by molar-refractivity contribution is 6.37. The summed E-state index contributed by atoms with van der Waals surface area (Å²) in [5.41, 5.74) is -2.70. The van der Waals surface area contributed by atoms with Crippen molar-refractivity contribution in [2.45, 2.75) is 32.9 Å². The number of hydrogen-bond donors (Lipinski definition) is 1. The number of nitrogens with zero attached hydrogens (tertiary/aromatic N) is 3. The number of nitro benzene ring substituents is 1. The summed E-state index contributed by atoms with van der Waals surface area (Å²) in [7, 11) is 1.18. The van der Waals surface area contributed by atoms with E-state index in [-0.39, 0.29) is 23.4 Å². The van der Waals surface area contributed by atoms with Crippen LogP contribution in [0.1, 0.15) is 37.6 Å². The molecule has 25 heavy (non-hydrogen) atoms. The van der Waals surface area contributed by atoms with E-state index in [2.05, 4.69) is 9.84 Å². The molecule has 2 rings (SSSR count). The largest absolute Gasteiger partial charge is 0.464 e. The molecular weight excluding hydrogens is 330 g/mol. The van der Waals surface area contributed by atoms with Crippen molar-refractivity contribution in [3.8, 4) is 0 Å². The lowest BCUT2D eigenvalue weighted by atomic mass is 9.80. The van der Waals surface area contributed by atoms with E-state index >= 15 is 0 Å². The van der Waals surface area contributed by atoms with Gasteiger partial charge in [0, 0.05) is 29.5 Å². The molecule has 1 aliphatic heterocycles. The molecule has 0 radical (unpaired) electrons. The molecule has 0 fully saturated rings. The van der Waals surface area contributed by atoms with Crippen LogP contribution < -0.4 is 0 Å². The van der Waals surface area contributed by atoms with Crippen molar-refractivity contribution in [2.75, 3.05) is 7.11 Å². The minimum Gasteiger partial charge on any atom is -0.464 e. The second-order valence-corrected chi connectivity index (χ2v) is 6.70. The summed E-state index contributed by atoms with van der Waals surface area (Å²) in [4.78, 5) is 34.7. The van der Waals surface area contributed by atoms with E-state index in [1.165, 1.54) is 31.4 Å². The standard InChI is InChI=1S/C16H19N3O6/c1-15(2,3)16(22)9-12(14(21)25-4)17-18(16)13(20)10-5-7-11(8-6-10)19(23)24/h5-8,22H,9H2,1-4H3/t16-/m1/s1. The summed E-state index contributed by atoms with van der Waals surface area (Å²) < 4.78 is 4.62. The van der Waals surface area contributed by atoms with Gasteiger partial charge in [-0.25, -0.2) is 4.79 Å². The molecule has 0 saturated heterocycles. The second kappa shape index (κ2) is 6.25. The van der Waals surface area contributed by atoms with Crippen LogP contribution in [-0.2, 0) is 9.53 Å².